The Kier molecular flexibility index (Phi) is 13.6. The van der Waals surface area contributed by atoms with Crippen molar-refractivity contribution in [3.05, 3.63) is 30.3 Å². The highest BCUT2D eigenvalue weighted by molar-refractivity contribution is 5.42. The summed E-state index contributed by atoms with van der Waals surface area (Å²) in [5.74, 6) is 0. The van der Waals surface area contributed by atoms with Crippen LogP contribution in [0.5, 0.6) is 0 Å². The smallest absolute Gasteiger partial charge is 0.127 e. The summed E-state index contributed by atoms with van der Waals surface area (Å²) < 4.78 is 6.05. The molecule has 1 unspecified atom stereocenters. The van der Waals surface area contributed by atoms with Gasteiger partial charge >= 0.3 is 0 Å². The van der Waals surface area contributed by atoms with Crippen molar-refractivity contribution in [2.24, 2.45) is 0 Å². The van der Waals surface area contributed by atoms with Gasteiger partial charge in [0.05, 0.1) is 0 Å². The van der Waals surface area contributed by atoms with Crippen molar-refractivity contribution >= 4 is 5.69 Å². The number of hydrogen-bond donors (Lipinski definition) is 1. The van der Waals surface area contributed by atoms with Gasteiger partial charge in [0.1, 0.15) is 6.23 Å². The zero-order valence-electron chi connectivity index (χ0n) is 16.1. The molecule has 0 aliphatic carbocycles. The second-order valence-electron chi connectivity index (χ2n) is 6.84. The molecule has 0 radical (unpaired) electrons. The SMILES string of the molecule is CCCCCCCCCCCC(Nc1ccccc1)OCCCC. The molecule has 24 heavy (non-hydrogen) atoms. The van der Waals surface area contributed by atoms with Crippen LogP contribution in [0.1, 0.15) is 90.9 Å². The molecule has 0 saturated heterocycles. The number of nitrogens with one attached hydrogen (secondary N) is 1. The van der Waals surface area contributed by atoms with E-state index >= 15 is 0 Å². The first kappa shape index (κ1) is 21.0. The molecule has 0 aromatic heterocycles. The molecular formula is C22H39NO. The lowest BCUT2D eigenvalue weighted by atomic mass is 10.1. The molecule has 0 spiro atoms. The van der Waals surface area contributed by atoms with Crippen molar-refractivity contribution < 1.29 is 4.74 Å². The zero-order chi connectivity index (χ0) is 17.3. The van der Waals surface area contributed by atoms with E-state index in [0.29, 0.717) is 0 Å². The first-order valence-electron chi connectivity index (χ1n) is 10.3. The topological polar surface area (TPSA) is 21.3 Å². The molecule has 1 atom stereocenters. The highest BCUT2D eigenvalue weighted by Gasteiger charge is 2.08. The maximum absolute atomic E-state index is 6.05. The molecule has 0 bridgehead atoms. The van der Waals surface area contributed by atoms with E-state index in [1.165, 1.54) is 64.2 Å². The monoisotopic (exact) mass is 333 g/mol. The second-order valence-corrected chi connectivity index (χ2v) is 6.84. The third-order valence-corrected chi connectivity index (χ3v) is 4.49. The van der Waals surface area contributed by atoms with E-state index in [1.54, 1.807) is 0 Å². The van der Waals surface area contributed by atoms with Gasteiger partial charge in [-0.25, -0.2) is 0 Å². The van der Waals surface area contributed by atoms with Crippen LogP contribution in [0.25, 0.3) is 0 Å². The van der Waals surface area contributed by atoms with Gasteiger partial charge < -0.3 is 10.1 Å². The molecule has 0 fully saturated rings. The summed E-state index contributed by atoms with van der Waals surface area (Å²) in [5, 5.41) is 3.54. The maximum atomic E-state index is 6.05. The minimum absolute atomic E-state index is 0.156. The summed E-state index contributed by atoms with van der Waals surface area (Å²) >= 11 is 0. The summed E-state index contributed by atoms with van der Waals surface area (Å²) in [6, 6.07) is 10.4. The Morgan fingerprint density at radius 2 is 1.33 bits per heavy atom. The van der Waals surface area contributed by atoms with E-state index < -0.39 is 0 Å². The number of rotatable bonds is 16. The molecule has 1 aromatic rings. The normalized spacial score (nSPS) is 12.2. The van der Waals surface area contributed by atoms with Gasteiger partial charge in [-0.1, -0.05) is 89.8 Å². The van der Waals surface area contributed by atoms with Crippen molar-refractivity contribution in [2.75, 3.05) is 11.9 Å². The standard InChI is InChI=1S/C22H39NO/c1-3-5-7-8-9-10-11-12-16-19-22(24-20-6-4-2)23-21-17-14-13-15-18-21/h13-15,17-18,22-23H,3-12,16,19-20H2,1-2H3. The summed E-state index contributed by atoms with van der Waals surface area (Å²) in [6.45, 7) is 5.35. The first-order chi connectivity index (χ1) is 11.9. The zero-order valence-corrected chi connectivity index (χ0v) is 16.1. The van der Waals surface area contributed by atoms with Crippen LogP contribution in [0.4, 0.5) is 5.69 Å². The quantitative estimate of drug-likeness (QED) is 0.256. The van der Waals surface area contributed by atoms with E-state index in [1.807, 2.05) is 0 Å². The molecule has 2 nitrogen and oxygen atoms in total. The van der Waals surface area contributed by atoms with Crippen LogP contribution in [0.2, 0.25) is 0 Å². The lowest BCUT2D eigenvalue weighted by molar-refractivity contribution is 0.0626. The Labute approximate surface area is 150 Å². The highest BCUT2D eigenvalue weighted by atomic mass is 16.5. The molecule has 2 heteroatoms. The Morgan fingerprint density at radius 3 is 1.96 bits per heavy atom. The van der Waals surface area contributed by atoms with E-state index in [4.69, 9.17) is 4.74 Å². The van der Waals surface area contributed by atoms with Gasteiger partial charge in [0, 0.05) is 12.3 Å². The molecule has 1 aromatic carbocycles. The third-order valence-electron chi connectivity index (χ3n) is 4.49. The predicted molar refractivity (Wildman–Crippen MR) is 107 cm³/mol. The minimum Gasteiger partial charge on any atom is -0.360 e. The lowest BCUT2D eigenvalue weighted by Gasteiger charge is -2.20. The van der Waals surface area contributed by atoms with Gasteiger partial charge in [0.25, 0.3) is 0 Å². The Balaban J connectivity index is 2.14. The van der Waals surface area contributed by atoms with Crippen LogP contribution in [0.15, 0.2) is 30.3 Å². The molecule has 1 N–H and O–H groups in total. The Bertz CT molecular complexity index is 365. The van der Waals surface area contributed by atoms with Crippen LogP contribution >= 0.6 is 0 Å². The third kappa shape index (κ3) is 11.5. The molecular weight excluding hydrogens is 294 g/mol. The largest absolute Gasteiger partial charge is 0.360 e. The van der Waals surface area contributed by atoms with Gasteiger partial charge in [-0.15, -0.1) is 0 Å². The summed E-state index contributed by atoms with van der Waals surface area (Å²) in [6.07, 6.45) is 16.0. The number of unbranched alkanes of at least 4 members (excludes halogenated alkanes) is 9. The van der Waals surface area contributed by atoms with Gasteiger partial charge in [0.2, 0.25) is 0 Å². The van der Waals surface area contributed by atoms with Crippen molar-refractivity contribution in [1.29, 1.82) is 0 Å². The number of anilines is 1. The number of hydrogen-bond acceptors (Lipinski definition) is 2. The predicted octanol–water partition coefficient (Wildman–Crippen LogP) is 7.16. The fraction of sp³-hybridized carbons (Fsp3) is 0.727. The summed E-state index contributed by atoms with van der Waals surface area (Å²) in [7, 11) is 0. The van der Waals surface area contributed by atoms with Crippen molar-refractivity contribution in [3.8, 4) is 0 Å². The van der Waals surface area contributed by atoms with Crippen molar-refractivity contribution in [2.45, 2.75) is 97.1 Å². The maximum Gasteiger partial charge on any atom is 0.127 e. The van der Waals surface area contributed by atoms with Crippen LogP contribution in [-0.2, 0) is 4.74 Å². The van der Waals surface area contributed by atoms with Crippen LogP contribution < -0.4 is 5.32 Å². The molecule has 0 aliphatic heterocycles. The van der Waals surface area contributed by atoms with Crippen molar-refractivity contribution in [1.82, 2.24) is 0 Å². The average Bonchev–Trinajstić information content (AvgIpc) is 2.61. The Hall–Kier alpha value is -1.02. The average molecular weight is 334 g/mol. The van der Waals surface area contributed by atoms with E-state index in [0.717, 1.165) is 25.1 Å². The van der Waals surface area contributed by atoms with Crippen molar-refractivity contribution in [3.63, 3.8) is 0 Å². The summed E-state index contributed by atoms with van der Waals surface area (Å²) in [4.78, 5) is 0. The van der Waals surface area contributed by atoms with Crippen LogP contribution in [0, 0.1) is 0 Å². The molecule has 138 valence electrons. The van der Waals surface area contributed by atoms with Crippen LogP contribution in [0.3, 0.4) is 0 Å². The molecule has 0 heterocycles. The summed E-state index contributed by atoms with van der Waals surface area (Å²) in [5.41, 5.74) is 1.16. The van der Waals surface area contributed by atoms with Crippen LogP contribution in [-0.4, -0.2) is 12.8 Å². The molecule has 1 rings (SSSR count). The van der Waals surface area contributed by atoms with Gasteiger partial charge in [-0.2, -0.15) is 0 Å². The number of para-hydroxylation sites is 1. The first-order valence-corrected chi connectivity index (χ1v) is 10.3. The van der Waals surface area contributed by atoms with Gasteiger partial charge in [0.15, 0.2) is 0 Å². The van der Waals surface area contributed by atoms with Gasteiger partial charge in [-0.3, -0.25) is 0 Å². The molecule has 0 saturated carbocycles. The fourth-order valence-corrected chi connectivity index (χ4v) is 2.93. The second kappa shape index (κ2) is 15.5. The molecule has 0 amide bonds. The lowest BCUT2D eigenvalue weighted by Crippen LogP contribution is -2.23. The highest BCUT2D eigenvalue weighted by Crippen LogP contribution is 2.15. The minimum atomic E-state index is 0.156. The van der Waals surface area contributed by atoms with E-state index in [9.17, 15) is 0 Å². The van der Waals surface area contributed by atoms with E-state index in [-0.39, 0.29) is 6.23 Å². The number of ether oxygens (including phenoxy) is 1. The van der Waals surface area contributed by atoms with E-state index in [2.05, 4.69) is 49.5 Å². The van der Waals surface area contributed by atoms with Gasteiger partial charge in [-0.05, 0) is 31.4 Å². The number of benzene rings is 1. The Morgan fingerprint density at radius 1 is 0.750 bits per heavy atom. The fourth-order valence-electron chi connectivity index (χ4n) is 2.93. The molecule has 0 aliphatic rings.